The number of rotatable bonds is 5. The molecular formula is C13H19N3S. The van der Waals surface area contributed by atoms with Crippen molar-refractivity contribution in [1.82, 2.24) is 4.98 Å². The number of aromatic nitrogens is 1. The third-order valence-corrected chi connectivity index (χ3v) is 3.71. The van der Waals surface area contributed by atoms with Crippen LogP contribution in [0.4, 0.5) is 5.13 Å². The number of hydrogen-bond acceptors (Lipinski definition) is 4. The van der Waals surface area contributed by atoms with Crippen LogP contribution in [0, 0.1) is 0 Å². The molecule has 3 N–H and O–H groups in total. The second-order valence-corrected chi connectivity index (χ2v) is 5.50. The maximum absolute atomic E-state index is 5.46. The average Bonchev–Trinajstić information content (AvgIpc) is 2.70. The molecule has 0 spiro atoms. The summed E-state index contributed by atoms with van der Waals surface area (Å²) in [6.45, 7) is 6.04. The lowest BCUT2D eigenvalue weighted by atomic mass is 10.0. The van der Waals surface area contributed by atoms with Crippen LogP contribution in [0.2, 0.25) is 0 Å². The molecule has 0 fully saturated rings. The van der Waals surface area contributed by atoms with Crippen LogP contribution in [-0.4, -0.2) is 18.1 Å². The molecule has 0 aliphatic heterocycles. The Labute approximate surface area is 106 Å². The van der Waals surface area contributed by atoms with Gasteiger partial charge in [0, 0.05) is 6.54 Å². The minimum absolute atomic E-state index is 0.565. The summed E-state index contributed by atoms with van der Waals surface area (Å²) in [6.07, 6.45) is 0.979. The maximum atomic E-state index is 5.46. The molecule has 0 amide bonds. The molecule has 1 aromatic heterocycles. The lowest BCUT2D eigenvalue weighted by Crippen LogP contribution is -2.07. The van der Waals surface area contributed by atoms with Gasteiger partial charge in [0.2, 0.25) is 0 Å². The standard InChI is InChI=1S/C13H19N3S/c1-9(2)10-4-5-11-12(8-10)17-13(16-11)15-7-3-6-14/h4-5,8-9H,3,6-7,14H2,1-2H3,(H,15,16). The smallest absolute Gasteiger partial charge is 0.183 e. The summed E-state index contributed by atoms with van der Waals surface area (Å²) in [4.78, 5) is 4.55. The third-order valence-electron chi connectivity index (χ3n) is 2.74. The van der Waals surface area contributed by atoms with E-state index in [-0.39, 0.29) is 0 Å². The number of thiazole rings is 1. The van der Waals surface area contributed by atoms with Crippen molar-refractivity contribution in [3.63, 3.8) is 0 Å². The number of nitrogens with zero attached hydrogens (tertiary/aromatic N) is 1. The zero-order chi connectivity index (χ0) is 12.3. The molecule has 0 unspecified atom stereocenters. The Bertz CT molecular complexity index is 490. The van der Waals surface area contributed by atoms with E-state index in [2.05, 4.69) is 42.3 Å². The zero-order valence-corrected chi connectivity index (χ0v) is 11.2. The molecule has 0 bridgehead atoms. The molecule has 1 heterocycles. The molecule has 0 saturated carbocycles. The molecule has 1 aromatic carbocycles. The highest BCUT2D eigenvalue weighted by atomic mass is 32.1. The summed E-state index contributed by atoms with van der Waals surface area (Å²) in [7, 11) is 0. The highest BCUT2D eigenvalue weighted by Gasteiger charge is 2.05. The van der Waals surface area contributed by atoms with Gasteiger partial charge in [-0.15, -0.1) is 0 Å². The fraction of sp³-hybridized carbons (Fsp3) is 0.462. The first-order chi connectivity index (χ1) is 8.20. The van der Waals surface area contributed by atoms with E-state index < -0.39 is 0 Å². The Balaban J connectivity index is 2.18. The molecule has 4 heteroatoms. The quantitative estimate of drug-likeness (QED) is 0.800. The zero-order valence-electron chi connectivity index (χ0n) is 10.4. The number of anilines is 1. The van der Waals surface area contributed by atoms with Crippen LogP contribution in [0.3, 0.4) is 0 Å². The van der Waals surface area contributed by atoms with Crippen molar-refractivity contribution in [2.45, 2.75) is 26.2 Å². The highest BCUT2D eigenvalue weighted by Crippen LogP contribution is 2.28. The summed E-state index contributed by atoms with van der Waals surface area (Å²) in [5.41, 5.74) is 7.91. The Morgan fingerprint density at radius 1 is 1.41 bits per heavy atom. The topological polar surface area (TPSA) is 50.9 Å². The monoisotopic (exact) mass is 249 g/mol. The molecule has 0 aliphatic rings. The van der Waals surface area contributed by atoms with E-state index in [9.17, 15) is 0 Å². The van der Waals surface area contributed by atoms with Crippen LogP contribution in [0.25, 0.3) is 10.2 Å². The summed E-state index contributed by atoms with van der Waals surface area (Å²) in [5, 5.41) is 4.31. The molecule has 17 heavy (non-hydrogen) atoms. The Morgan fingerprint density at radius 3 is 2.94 bits per heavy atom. The Kier molecular flexibility index (Phi) is 3.97. The Hall–Kier alpha value is -1.13. The summed E-state index contributed by atoms with van der Waals surface area (Å²) in [5.74, 6) is 0.565. The van der Waals surface area contributed by atoms with Crippen LogP contribution in [-0.2, 0) is 0 Å². The van der Waals surface area contributed by atoms with Crippen molar-refractivity contribution in [3.05, 3.63) is 23.8 Å². The van der Waals surface area contributed by atoms with E-state index in [0.717, 1.165) is 30.2 Å². The van der Waals surface area contributed by atoms with Gasteiger partial charge in [0.25, 0.3) is 0 Å². The van der Waals surface area contributed by atoms with Crippen molar-refractivity contribution in [2.75, 3.05) is 18.4 Å². The molecule has 0 aliphatic carbocycles. The van der Waals surface area contributed by atoms with Crippen LogP contribution >= 0.6 is 11.3 Å². The summed E-state index contributed by atoms with van der Waals surface area (Å²) in [6, 6.07) is 6.51. The SMILES string of the molecule is CC(C)c1ccc2nc(NCCCN)sc2c1. The summed E-state index contributed by atoms with van der Waals surface area (Å²) < 4.78 is 1.26. The van der Waals surface area contributed by atoms with Crippen LogP contribution in [0.15, 0.2) is 18.2 Å². The maximum Gasteiger partial charge on any atom is 0.183 e. The highest BCUT2D eigenvalue weighted by molar-refractivity contribution is 7.22. The van der Waals surface area contributed by atoms with Crippen molar-refractivity contribution in [3.8, 4) is 0 Å². The second-order valence-electron chi connectivity index (χ2n) is 4.47. The largest absolute Gasteiger partial charge is 0.361 e. The summed E-state index contributed by atoms with van der Waals surface area (Å²) >= 11 is 1.72. The van der Waals surface area contributed by atoms with Gasteiger partial charge >= 0.3 is 0 Å². The first-order valence-electron chi connectivity index (χ1n) is 6.05. The predicted octanol–water partition coefficient (Wildman–Crippen LogP) is 3.18. The molecule has 0 saturated heterocycles. The van der Waals surface area contributed by atoms with E-state index in [1.807, 2.05) is 0 Å². The van der Waals surface area contributed by atoms with Crippen LogP contribution < -0.4 is 11.1 Å². The van der Waals surface area contributed by atoms with Crippen molar-refractivity contribution in [1.29, 1.82) is 0 Å². The van der Waals surface area contributed by atoms with Gasteiger partial charge in [-0.2, -0.15) is 0 Å². The van der Waals surface area contributed by atoms with E-state index in [4.69, 9.17) is 5.73 Å². The van der Waals surface area contributed by atoms with Crippen LogP contribution in [0.1, 0.15) is 31.7 Å². The molecule has 0 atom stereocenters. The van der Waals surface area contributed by atoms with Crippen LogP contribution in [0.5, 0.6) is 0 Å². The normalized spacial score (nSPS) is 11.3. The Morgan fingerprint density at radius 2 is 2.24 bits per heavy atom. The number of hydrogen-bond donors (Lipinski definition) is 2. The lowest BCUT2D eigenvalue weighted by molar-refractivity contribution is 0.869. The van der Waals surface area contributed by atoms with Gasteiger partial charge in [0.1, 0.15) is 0 Å². The number of nitrogens with one attached hydrogen (secondary N) is 1. The van der Waals surface area contributed by atoms with Gasteiger partial charge < -0.3 is 11.1 Å². The second kappa shape index (κ2) is 5.47. The number of fused-ring (bicyclic) bond motifs is 1. The van der Waals surface area contributed by atoms with Gasteiger partial charge in [-0.05, 0) is 36.6 Å². The molecule has 3 nitrogen and oxygen atoms in total. The van der Waals surface area contributed by atoms with Crippen molar-refractivity contribution >= 4 is 26.7 Å². The molecule has 2 rings (SSSR count). The molecular weight excluding hydrogens is 230 g/mol. The molecule has 0 radical (unpaired) electrons. The van der Waals surface area contributed by atoms with E-state index in [1.165, 1.54) is 10.3 Å². The fourth-order valence-corrected chi connectivity index (χ4v) is 2.61. The van der Waals surface area contributed by atoms with Crippen molar-refractivity contribution in [2.24, 2.45) is 5.73 Å². The minimum Gasteiger partial charge on any atom is -0.361 e. The average molecular weight is 249 g/mol. The first kappa shape index (κ1) is 12.3. The fourth-order valence-electron chi connectivity index (χ4n) is 1.67. The first-order valence-corrected chi connectivity index (χ1v) is 6.87. The predicted molar refractivity (Wildman–Crippen MR) is 75.9 cm³/mol. The number of benzene rings is 1. The van der Waals surface area contributed by atoms with E-state index >= 15 is 0 Å². The van der Waals surface area contributed by atoms with Gasteiger partial charge in [-0.3, -0.25) is 0 Å². The van der Waals surface area contributed by atoms with Crippen molar-refractivity contribution < 1.29 is 0 Å². The van der Waals surface area contributed by atoms with Gasteiger partial charge in [-0.1, -0.05) is 31.3 Å². The van der Waals surface area contributed by atoms with Gasteiger partial charge in [0.05, 0.1) is 10.2 Å². The molecule has 92 valence electrons. The van der Waals surface area contributed by atoms with E-state index in [1.54, 1.807) is 11.3 Å². The molecule has 2 aromatic rings. The van der Waals surface area contributed by atoms with E-state index in [0.29, 0.717) is 5.92 Å². The number of nitrogens with two attached hydrogens (primary N) is 1. The third kappa shape index (κ3) is 2.96. The van der Waals surface area contributed by atoms with Gasteiger partial charge in [-0.25, -0.2) is 4.98 Å². The lowest BCUT2D eigenvalue weighted by Gasteiger charge is -2.03. The minimum atomic E-state index is 0.565. The van der Waals surface area contributed by atoms with Gasteiger partial charge in [0.15, 0.2) is 5.13 Å².